The molecule has 0 aliphatic rings. The fourth-order valence-electron chi connectivity index (χ4n) is 2.74. The first kappa shape index (κ1) is 20.1. The Morgan fingerprint density at radius 3 is 2.73 bits per heavy atom. The molecule has 0 unspecified atom stereocenters. The van der Waals surface area contributed by atoms with Crippen molar-refractivity contribution < 1.29 is 9.15 Å². The zero-order valence-corrected chi connectivity index (χ0v) is 18.0. The molecule has 2 aromatic heterocycles. The normalized spacial score (nSPS) is 11.2. The lowest BCUT2D eigenvalue weighted by atomic mass is 10.2. The van der Waals surface area contributed by atoms with E-state index in [0.29, 0.717) is 28.1 Å². The second-order valence-electron chi connectivity index (χ2n) is 6.49. The molecule has 0 saturated heterocycles. The molecule has 0 spiro atoms. The van der Waals surface area contributed by atoms with Crippen LogP contribution in [0.3, 0.4) is 0 Å². The topological polar surface area (TPSA) is 72.5 Å². The van der Waals surface area contributed by atoms with Gasteiger partial charge in [0, 0.05) is 10.9 Å². The van der Waals surface area contributed by atoms with Gasteiger partial charge in [0.1, 0.15) is 23.8 Å². The van der Waals surface area contributed by atoms with Crippen molar-refractivity contribution >= 4 is 34.3 Å². The summed E-state index contributed by atoms with van der Waals surface area (Å²) in [4.78, 5) is 8.88. The molecular formula is C22H19ClN4O2S. The van der Waals surface area contributed by atoms with Gasteiger partial charge in [0.05, 0.1) is 22.5 Å². The van der Waals surface area contributed by atoms with Crippen LogP contribution in [0.5, 0.6) is 5.75 Å². The van der Waals surface area contributed by atoms with Gasteiger partial charge in [-0.15, -0.1) is 11.3 Å². The van der Waals surface area contributed by atoms with Crippen LogP contribution in [0, 0.1) is 13.8 Å². The minimum absolute atomic E-state index is 0.268. The second-order valence-corrected chi connectivity index (χ2v) is 7.76. The van der Waals surface area contributed by atoms with Crippen LogP contribution in [0.4, 0.5) is 5.13 Å². The zero-order chi connectivity index (χ0) is 20.9. The molecule has 2 aromatic carbocycles. The summed E-state index contributed by atoms with van der Waals surface area (Å²) in [7, 11) is 0. The number of hydrogen-bond acceptors (Lipinski definition) is 7. The molecule has 4 rings (SSSR count). The Balaban J connectivity index is 1.46. The molecule has 6 nitrogen and oxygen atoms in total. The monoisotopic (exact) mass is 438 g/mol. The van der Waals surface area contributed by atoms with E-state index in [9.17, 15) is 0 Å². The van der Waals surface area contributed by atoms with Crippen molar-refractivity contribution in [2.75, 3.05) is 5.43 Å². The number of thiazole rings is 1. The van der Waals surface area contributed by atoms with Gasteiger partial charge in [-0.05, 0) is 38.1 Å². The minimum Gasteiger partial charge on any atom is -0.486 e. The Kier molecular flexibility index (Phi) is 6.11. The highest BCUT2D eigenvalue weighted by atomic mass is 35.5. The van der Waals surface area contributed by atoms with Crippen molar-refractivity contribution in [1.82, 2.24) is 9.97 Å². The molecule has 0 aliphatic heterocycles. The van der Waals surface area contributed by atoms with Crippen LogP contribution in [0.15, 0.2) is 63.4 Å². The van der Waals surface area contributed by atoms with E-state index in [1.807, 2.05) is 67.8 Å². The van der Waals surface area contributed by atoms with Gasteiger partial charge in [0.25, 0.3) is 0 Å². The lowest BCUT2D eigenvalue weighted by Crippen LogP contribution is -2.00. The summed E-state index contributed by atoms with van der Waals surface area (Å²) >= 11 is 7.76. The second kappa shape index (κ2) is 9.11. The average molecular weight is 439 g/mol. The lowest BCUT2D eigenvalue weighted by molar-refractivity contribution is 0.299. The average Bonchev–Trinajstić information content (AvgIpc) is 3.32. The number of benzene rings is 2. The first-order valence-electron chi connectivity index (χ1n) is 9.24. The van der Waals surface area contributed by atoms with Gasteiger partial charge in [-0.25, -0.2) is 9.97 Å². The summed E-state index contributed by atoms with van der Waals surface area (Å²) in [6, 6.07) is 15.1. The van der Waals surface area contributed by atoms with Crippen molar-refractivity contribution in [3.05, 3.63) is 81.6 Å². The van der Waals surface area contributed by atoms with Gasteiger partial charge >= 0.3 is 0 Å². The Labute approximate surface area is 183 Å². The number of rotatable bonds is 7. The molecule has 0 aliphatic carbocycles. The molecule has 152 valence electrons. The van der Waals surface area contributed by atoms with E-state index >= 15 is 0 Å². The minimum atomic E-state index is 0.268. The maximum absolute atomic E-state index is 6.25. The highest BCUT2D eigenvalue weighted by Gasteiger charge is 2.14. The third kappa shape index (κ3) is 4.69. The van der Waals surface area contributed by atoms with E-state index in [1.54, 1.807) is 6.21 Å². The fourth-order valence-corrected chi connectivity index (χ4v) is 3.59. The van der Waals surface area contributed by atoms with Gasteiger partial charge in [-0.1, -0.05) is 35.9 Å². The quantitative estimate of drug-likeness (QED) is 0.279. The van der Waals surface area contributed by atoms with E-state index in [-0.39, 0.29) is 6.61 Å². The standard InChI is InChI=1S/C22H19ClN4O2S/c1-14-13-30-22(25-14)27-24-11-16-7-3-6-10-20(16)28-12-19-15(2)29-21(26-19)17-8-4-5-9-18(17)23/h3-11,13H,12H2,1-2H3,(H,25,27). The molecule has 0 fully saturated rings. The number of nitrogens with one attached hydrogen (secondary N) is 1. The lowest BCUT2D eigenvalue weighted by Gasteiger charge is -2.07. The van der Waals surface area contributed by atoms with Gasteiger partial charge in [-0.3, -0.25) is 5.43 Å². The molecule has 0 radical (unpaired) electrons. The van der Waals surface area contributed by atoms with Crippen LogP contribution < -0.4 is 10.2 Å². The summed E-state index contributed by atoms with van der Waals surface area (Å²) in [5, 5.41) is 7.56. The molecule has 1 N–H and O–H groups in total. The number of nitrogens with zero attached hydrogens (tertiary/aromatic N) is 3. The van der Waals surface area contributed by atoms with Gasteiger partial charge in [0.15, 0.2) is 0 Å². The van der Waals surface area contributed by atoms with Crippen LogP contribution in [0.25, 0.3) is 11.5 Å². The van der Waals surface area contributed by atoms with Gasteiger partial charge in [-0.2, -0.15) is 5.10 Å². The molecule has 0 amide bonds. The van der Waals surface area contributed by atoms with Crippen molar-refractivity contribution in [3.8, 4) is 17.2 Å². The SMILES string of the molecule is Cc1csc(NN=Cc2ccccc2OCc2nc(-c3ccccc3Cl)oc2C)n1. The predicted octanol–water partition coefficient (Wildman–Crippen LogP) is 6.09. The number of halogens is 1. The van der Waals surface area contributed by atoms with Crippen LogP contribution in [0.2, 0.25) is 5.02 Å². The molecule has 30 heavy (non-hydrogen) atoms. The smallest absolute Gasteiger partial charge is 0.228 e. The van der Waals surface area contributed by atoms with Gasteiger partial charge in [0.2, 0.25) is 11.0 Å². The maximum Gasteiger partial charge on any atom is 0.228 e. The number of anilines is 1. The van der Waals surface area contributed by atoms with Crippen molar-refractivity contribution in [2.24, 2.45) is 5.10 Å². The molecule has 0 bridgehead atoms. The highest BCUT2D eigenvalue weighted by Crippen LogP contribution is 2.29. The fraction of sp³-hybridized carbons (Fsp3) is 0.136. The van der Waals surface area contributed by atoms with Crippen LogP contribution in [-0.4, -0.2) is 16.2 Å². The Hall–Kier alpha value is -3.16. The maximum atomic E-state index is 6.25. The van der Waals surface area contributed by atoms with E-state index in [0.717, 1.165) is 22.0 Å². The molecule has 4 aromatic rings. The van der Waals surface area contributed by atoms with Crippen molar-refractivity contribution in [1.29, 1.82) is 0 Å². The Bertz CT molecular complexity index is 1190. The first-order chi connectivity index (χ1) is 14.6. The van der Waals surface area contributed by atoms with Crippen molar-refractivity contribution in [3.63, 3.8) is 0 Å². The summed E-state index contributed by atoms with van der Waals surface area (Å²) < 4.78 is 11.8. The van der Waals surface area contributed by atoms with E-state index in [2.05, 4.69) is 20.5 Å². The molecule has 2 heterocycles. The van der Waals surface area contributed by atoms with E-state index in [1.165, 1.54) is 11.3 Å². The number of hydrogen-bond donors (Lipinski definition) is 1. The van der Waals surface area contributed by atoms with Crippen LogP contribution in [0.1, 0.15) is 22.7 Å². The first-order valence-corrected chi connectivity index (χ1v) is 10.5. The number of ether oxygens (including phenoxy) is 1. The van der Waals surface area contributed by atoms with Crippen LogP contribution >= 0.6 is 22.9 Å². The summed E-state index contributed by atoms with van der Waals surface area (Å²) in [5.41, 5.74) is 6.20. The molecular weight excluding hydrogens is 420 g/mol. The largest absolute Gasteiger partial charge is 0.486 e. The Morgan fingerprint density at radius 2 is 1.93 bits per heavy atom. The highest BCUT2D eigenvalue weighted by molar-refractivity contribution is 7.13. The summed E-state index contributed by atoms with van der Waals surface area (Å²) in [6.45, 7) is 4.07. The number of aryl methyl sites for hydroxylation is 2. The molecule has 0 saturated carbocycles. The summed E-state index contributed by atoms with van der Waals surface area (Å²) in [5.74, 6) is 1.87. The molecule has 8 heteroatoms. The Morgan fingerprint density at radius 1 is 1.13 bits per heavy atom. The van der Waals surface area contributed by atoms with Gasteiger partial charge < -0.3 is 9.15 Å². The summed E-state index contributed by atoms with van der Waals surface area (Å²) in [6.07, 6.45) is 1.71. The zero-order valence-electron chi connectivity index (χ0n) is 16.4. The number of hydrazone groups is 1. The third-order valence-corrected chi connectivity index (χ3v) is 5.46. The number of oxazole rings is 1. The molecule has 0 atom stereocenters. The van der Waals surface area contributed by atoms with E-state index < -0.39 is 0 Å². The number of aromatic nitrogens is 2. The number of para-hydroxylation sites is 1. The third-order valence-electron chi connectivity index (χ3n) is 4.26. The predicted molar refractivity (Wildman–Crippen MR) is 121 cm³/mol. The van der Waals surface area contributed by atoms with Crippen molar-refractivity contribution in [2.45, 2.75) is 20.5 Å². The van der Waals surface area contributed by atoms with E-state index in [4.69, 9.17) is 20.8 Å². The van der Waals surface area contributed by atoms with Crippen LogP contribution in [-0.2, 0) is 6.61 Å².